The van der Waals surface area contributed by atoms with Crippen LogP contribution in [0.2, 0.25) is 0 Å². The second-order valence-electron chi connectivity index (χ2n) is 12.1. The van der Waals surface area contributed by atoms with Crippen molar-refractivity contribution in [2.45, 2.75) is 70.2 Å². The Morgan fingerprint density at radius 2 is 1.98 bits per heavy atom. The van der Waals surface area contributed by atoms with Gasteiger partial charge in [-0.2, -0.15) is 28.2 Å². The zero-order valence-corrected chi connectivity index (χ0v) is 24.5. The predicted octanol–water partition coefficient (Wildman–Crippen LogP) is 5.23. The second-order valence-corrected chi connectivity index (χ2v) is 12.1. The number of aromatic nitrogens is 4. The lowest BCUT2D eigenvalue weighted by Gasteiger charge is -2.39. The van der Waals surface area contributed by atoms with Crippen molar-refractivity contribution < 1.29 is 27.8 Å². The molecular weight excluding hydrogens is 575 g/mol. The van der Waals surface area contributed by atoms with E-state index in [2.05, 4.69) is 26.5 Å². The molecule has 2 aliphatic heterocycles. The van der Waals surface area contributed by atoms with Gasteiger partial charge in [0.05, 0.1) is 11.4 Å². The SMILES string of the molecule is Cc1ccn(-c2cc(C3=CCCCC3)ccc2[C@@H](Oc2cc(N3CCC4(CC3)CNC(C(=O)O)C4)nc(N)n2)C(F)(F)F)n1. The summed E-state index contributed by atoms with van der Waals surface area (Å²) in [6, 6.07) is 7.48. The number of carboxylic acids is 1. The molecule has 2 atom stereocenters. The Labute approximate surface area is 253 Å². The molecule has 2 aromatic heterocycles. The van der Waals surface area contributed by atoms with Crippen molar-refractivity contribution in [1.82, 2.24) is 25.1 Å². The average Bonchev–Trinajstić information content (AvgIpc) is 3.62. The first kappa shape index (κ1) is 29.9. The van der Waals surface area contributed by atoms with Gasteiger partial charge in [0.25, 0.3) is 0 Å². The standard InChI is InChI=1S/C31H36F3N7O3/c1-19-9-12-41(39-19)24-15-21(20-5-3-2-4-6-20)7-8-22(24)27(31(32,33)34)44-26-16-25(37-29(35)38-26)40-13-10-30(11-14-40)17-23(28(42)43)36-18-30/h5,7-9,12,15-16,23,27,36H,2-4,6,10-11,13-14,17-18H2,1H3,(H,42,43)(H2,35,37,38)/t23?,27-/m1/s1. The zero-order chi connectivity index (χ0) is 31.1. The van der Waals surface area contributed by atoms with Gasteiger partial charge in [0.1, 0.15) is 11.9 Å². The number of aryl methyl sites for hydroxylation is 1. The van der Waals surface area contributed by atoms with E-state index < -0.39 is 24.3 Å². The number of piperidine rings is 1. The van der Waals surface area contributed by atoms with Crippen LogP contribution in [-0.4, -0.2) is 62.7 Å². The highest BCUT2D eigenvalue weighted by molar-refractivity contribution is 5.74. The molecule has 3 aromatic rings. The number of carbonyl (C=O) groups is 1. The first-order valence-corrected chi connectivity index (χ1v) is 14.9. The summed E-state index contributed by atoms with van der Waals surface area (Å²) in [6.45, 7) is 3.49. The summed E-state index contributed by atoms with van der Waals surface area (Å²) in [5, 5.41) is 16.9. The highest BCUT2D eigenvalue weighted by Gasteiger charge is 2.46. The van der Waals surface area contributed by atoms with E-state index in [-0.39, 0.29) is 28.5 Å². The van der Waals surface area contributed by atoms with E-state index in [1.807, 2.05) is 4.90 Å². The van der Waals surface area contributed by atoms with Crippen LogP contribution in [0, 0.1) is 12.3 Å². The normalized spacial score (nSPS) is 20.9. The van der Waals surface area contributed by atoms with Crippen LogP contribution in [-0.2, 0) is 4.79 Å². The summed E-state index contributed by atoms with van der Waals surface area (Å²) >= 11 is 0. The van der Waals surface area contributed by atoms with E-state index in [0.29, 0.717) is 50.4 Å². The Hall–Kier alpha value is -4.13. The Morgan fingerprint density at radius 3 is 2.61 bits per heavy atom. The third-order valence-electron chi connectivity index (χ3n) is 8.99. The van der Waals surface area contributed by atoms with Crippen molar-refractivity contribution in [3.63, 3.8) is 0 Å². The maximum Gasteiger partial charge on any atom is 0.429 e. The van der Waals surface area contributed by atoms with Gasteiger partial charge >= 0.3 is 12.1 Å². The quantitative estimate of drug-likeness (QED) is 0.329. The van der Waals surface area contributed by atoms with E-state index in [4.69, 9.17) is 10.5 Å². The van der Waals surface area contributed by atoms with E-state index in [1.54, 1.807) is 31.3 Å². The Kier molecular flexibility index (Phi) is 7.99. The molecule has 6 rings (SSSR count). The van der Waals surface area contributed by atoms with Crippen molar-refractivity contribution in [1.29, 1.82) is 0 Å². The second kappa shape index (κ2) is 11.8. The van der Waals surface area contributed by atoms with Crippen LogP contribution in [0.15, 0.2) is 42.6 Å². The highest BCUT2D eigenvalue weighted by atomic mass is 19.4. The lowest BCUT2D eigenvalue weighted by molar-refractivity contribution is -0.198. The van der Waals surface area contributed by atoms with Crippen LogP contribution in [0.25, 0.3) is 11.3 Å². The smallest absolute Gasteiger partial charge is 0.429 e. The Morgan fingerprint density at radius 1 is 1.18 bits per heavy atom. The van der Waals surface area contributed by atoms with Gasteiger partial charge in [-0.05, 0) is 80.6 Å². The number of carboxylic acid groups (broad SMARTS) is 1. The largest absolute Gasteiger partial charge is 0.480 e. The van der Waals surface area contributed by atoms with Gasteiger partial charge in [0.2, 0.25) is 17.9 Å². The van der Waals surface area contributed by atoms with Gasteiger partial charge in [-0.1, -0.05) is 18.2 Å². The molecule has 4 heterocycles. The molecule has 4 N–H and O–H groups in total. The molecule has 0 radical (unpaired) electrons. The van der Waals surface area contributed by atoms with Crippen LogP contribution in [0.3, 0.4) is 0 Å². The molecule has 13 heteroatoms. The van der Waals surface area contributed by atoms with Crippen LogP contribution in [0.5, 0.6) is 5.88 Å². The van der Waals surface area contributed by atoms with Crippen molar-refractivity contribution in [2.24, 2.45) is 5.41 Å². The minimum Gasteiger partial charge on any atom is -0.480 e. The molecule has 2 fully saturated rings. The third kappa shape index (κ3) is 6.23. The Balaban J connectivity index is 1.29. The third-order valence-corrected chi connectivity index (χ3v) is 8.99. The molecule has 2 saturated heterocycles. The van der Waals surface area contributed by atoms with Crippen molar-refractivity contribution in [3.8, 4) is 11.6 Å². The molecule has 1 spiro atoms. The van der Waals surface area contributed by atoms with E-state index in [0.717, 1.165) is 36.8 Å². The monoisotopic (exact) mass is 611 g/mol. The Bertz CT molecular complexity index is 1560. The number of alkyl halides is 3. The number of allylic oxidation sites excluding steroid dienone is 2. The summed E-state index contributed by atoms with van der Waals surface area (Å²) in [5.41, 5.74) is 8.66. The minimum atomic E-state index is -4.78. The number of benzene rings is 1. The number of nitrogens with one attached hydrogen (secondary N) is 1. The maximum absolute atomic E-state index is 14.8. The van der Waals surface area contributed by atoms with Gasteiger partial charge in [-0.3, -0.25) is 4.79 Å². The first-order chi connectivity index (χ1) is 21.0. The average molecular weight is 612 g/mol. The summed E-state index contributed by atoms with van der Waals surface area (Å²) in [6.07, 6.45) is 2.57. The van der Waals surface area contributed by atoms with Crippen LogP contribution < -0.4 is 20.7 Å². The zero-order valence-electron chi connectivity index (χ0n) is 24.5. The minimum absolute atomic E-state index is 0.0962. The predicted molar refractivity (Wildman–Crippen MR) is 159 cm³/mol. The number of nitrogens with two attached hydrogens (primary N) is 1. The number of ether oxygens (including phenoxy) is 1. The number of hydrogen-bond acceptors (Lipinski definition) is 8. The van der Waals surface area contributed by atoms with E-state index >= 15 is 0 Å². The van der Waals surface area contributed by atoms with Gasteiger partial charge in [-0.25, -0.2) is 4.68 Å². The van der Waals surface area contributed by atoms with Gasteiger partial charge < -0.3 is 25.8 Å². The highest BCUT2D eigenvalue weighted by Crippen LogP contribution is 2.43. The molecular formula is C31H36F3N7O3. The van der Waals surface area contributed by atoms with Crippen LogP contribution in [0.4, 0.5) is 24.9 Å². The lowest BCUT2D eigenvalue weighted by atomic mass is 9.76. The molecule has 1 aromatic carbocycles. The number of halogens is 3. The van der Waals surface area contributed by atoms with Gasteiger partial charge in [0, 0.05) is 37.5 Å². The lowest BCUT2D eigenvalue weighted by Crippen LogP contribution is -2.41. The summed E-state index contributed by atoms with van der Waals surface area (Å²) in [4.78, 5) is 21.7. The molecule has 1 aliphatic carbocycles. The van der Waals surface area contributed by atoms with Gasteiger partial charge in [0.15, 0.2) is 0 Å². The molecule has 234 valence electrons. The molecule has 44 heavy (non-hydrogen) atoms. The van der Waals surface area contributed by atoms with Crippen LogP contribution >= 0.6 is 0 Å². The molecule has 1 unspecified atom stereocenters. The summed E-state index contributed by atoms with van der Waals surface area (Å²) in [5.74, 6) is -0.980. The topological polar surface area (TPSA) is 131 Å². The van der Waals surface area contributed by atoms with E-state index in [9.17, 15) is 23.1 Å². The number of nitrogen functional groups attached to an aromatic ring is 1. The number of hydrogen-bond donors (Lipinski definition) is 3. The fourth-order valence-corrected chi connectivity index (χ4v) is 6.58. The number of anilines is 2. The molecule has 0 saturated carbocycles. The summed E-state index contributed by atoms with van der Waals surface area (Å²) < 4.78 is 51.4. The maximum atomic E-state index is 14.8. The fraction of sp³-hybridized carbons (Fsp3) is 0.484. The summed E-state index contributed by atoms with van der Waals surface area (Å²) in [7, 11) is 0. The van der Waals surface area contributed by atoms with Crippen molar-refractivity contribution in [3.05, 3.63) is 59.4 Å². The van der Waals surface area contributed by atoms with Crippen molar-refractivity contribution >= 4 is 23.3 Å². The molecule has 10 nitrogen and oxygen atoms in total. The number of aliphatic carboxylic acids is 1. The van der Waals surface area contributed by atoms with Crippen molar-refractivity contribution in [2.75, 3.05) is 30.3 Å². The molecule has 0 bridgehead atoms. The van der Waals surface area contributed by atoms with E-state index in [1.165, 1.54) is 16.8 Å². The number of rotatable bonds is 7. The number of nitrogens with zero attached hydrogens (tertiary/aromatic N) is 5. The molecule has 3 aliphatic rings. The fourth-order valence-electron chi connectivity index (χ4n) is 6.58. The van der Waals surface area contributed by atoms with Gasteiger partial charge in [-0.15, -0.1) is 0 Å². The molecule has 0 amide bonds. The first-order valence-electron chi connectivity index (χ1n) is 14.9. The van der Waals surface area contributed by atoms with Crippen LogP contribution in [0.1, 0.15) is 67.9 Å².